The third-order valence-electron chi connectivity index (χ3n) is 6.94. The van der Waals surface area contributed by atoms with Gasteiger partial charge in [-0.3, -0.25) is 4.99 Å². The van der Waals surface area contributed by atoms with Gasteiger partial charge in [-0.15, -0.1) is 6.58 Å². The number of allylic oxidation sites excluding steroid dienone is 5. The first-order valence-electron chi connectivity index (χ1n) is 12.4. The molecular formula is C29H34N2O3. The fourth-order valence-electron chi connectivity index (χ4n) is 5.08. The highest BCUT2D eigenvalue weighted by atomic mass is 16.5. The Labute approximate surface area is 202 Å². The van der Waals surface area contributed by atoms with Crippen molar-refractivity contribution in [2.24, 2.45) is 22.7 Å². The van der Waals surface area contributed by atoms with Gasteiger partial charge in [0.15, 0.2) is 5.58 Å². The molecule has 0 N–H and O–H groups in total. The topological polar surface area (TPSA) is 64.7 Å². The normalized spacial score (nSPS) is 22.6. The van der Waals surface area contributed by atoms with Crippen LogP contribution in [0.3, 0.4) is 0 Å². The van der Waals surface area contributed by atoms with Crippen molar-refractivity contribution in [2.45, 2.75) is 46.0 Å². The zero-order chi connectivity index (χ0) is 23.9. The third kappa shape index (κ3) is 5.46. The maximum Gasteiger partial charge on any atom is 0.338 e. The monoisotopic (exact) mass is 458 g/mol. The van der Waals surface area contributed by atoms with Crippen LogP contribution in [0, 0.1) is 17.8 Å². The van der Waals surface area contributed by atoms with Crippen LogP contribution in [0.5, 0.6) is 0 Å². The van der Waals surface area contributed by atoms with E-state index in [2.05, 4.69) is 35.6 Å². The quantitative estimate of drug-likeness (QED) is 0.314. The Morgan fingerprint density at radius 2 is 2.15 bits per heavy atom. The van der Waals surface area contributed by atoms with Crippen molar-refractivity contribution in [1.82, 2.24) is 4.98 Å². The van der Waals surface area contributed by atoms with Crippen LogP contribution in [-0.4, -0.2) is 30.3 Å². The molecule has 0 bridgehead atoms. The van der Waals surface area contributed by atoms with E-state index in [9.17, 15) is 4.79 Å². The molecule has 5 heteroatoms. The average molecular weight is 459 g/mol. The second-order valence-electron chi connectivity index (χ2n) is 9.10. The van der Waals surface area contributed by atoms with E-state index < -0.39 is 0 Å². The molecule has 34 heavy (non-hydrogen) atoms. The molecule has 0 radical (unpaired) electrons. The molecule has 0 spiro atoms. The van der Waals surface area contributed by atoms with Crippen molar-refractivity contribution < 1.29 is 13.9 Å². The second kappa shape index (κ2) is 11.3. The van der Waals surface area contributed by atoms with Crippen LogP contribution < -0.4 is 0 Å². The molecule has 0 amide bonds. The number of carbonyl (C=O) groups is 1. The fourth-order valence-corrected chi connectivity index (χ4v) is 5.08. The van der Waals surface area contributed by atoms with Gasteiger partial charge < -0.3 is 9.15 Å². The lowest BCUT2D eigenvalue weighted by Crippen LogP contribution is -2.22. The van der Waals surface area contributed by atoms with Gasteiger partial charge in [0.05, 0.1) is 18.7 Å². The summed E-state index contributed by atoms with van der Waals surface area (Å²) in [5.74, 6) is 2.25. The summed E-state index contributed by atoms with van der Waals surface area (Å²) < 4.78 is 11.4. The van der Waals surface area contributed by atoms with E-state index in [1.54, 1.807) is 19.2 Å². The second-order valence-corrected chi connectivity index (χ2v) is 9.10. The number of aliphatic imine (C=N–C) groups is 1. The van der Waals surface area contributed by atoms with Crippen LogP contribution in [0.15, 0.2) is 58.5 Å². The van der Waals surface area contributed by atoms with E-state index in [1.165, 1.54) is 25.7 Å². The predicted molar refractivity (Wildman–Crippen MR) is 139 cm³/mol. The highest BCUT2D eigenvalue weighted by molar-refractivity contribution is 5.98. The van der Waals surface area contributed by atoms with E-state index in [1.807, 2.05) is 30.4 Å². The van der Waals surface area contributed by atoms with E-state index in [0.717, 1.165) is 23.5 Å². The molecule has 1 fully saturated rings. The summed E-state index contributed by atoms with van der Waals surface area (Å²) >= 11 is 0. The van der Waals surface area contributed by atoms with E-state index >= 15 is 0 Å². The number of nitrogens with zero attached hydrogens (tertiary/aromatic N) is 2. The number of oxazole rings is 1. The third-order valence-corrected chi connectivity index (χ3v) is 6.94. The number of rotatable bonds is 8. The molecule has 0 saturated heterocycles. The summed E-state index contributed by atoms with van der Waals surface area (Å²) in [7, 11) is 0. The molecule has 2 aliphatic rings. The van der Waals surface area contributed by atoms with Crippen LogP contribution in [0.4, 0.5) is 0 Å². The van der Waals surface area contributed by atoms with Crippen molar-refractivity contribution in [3.63, 3.8) is 0 Å². The maximum absolute atomic E-state index is 12.5. The highest BCUT2D eigenvalue weighted by Gasteiger charge is 2.26. The minimum atomic E-state index is -0.363. The number of esters is 1. The van der Waals surface area contributed by atoms with Crippen molar-refractivity contribution >= 4 is 34.9 Å². The van der Waals surface area contributed by atoms with Crippen LogP contribution in [0.2, 0.25) is 0 Å². The molecule has 3 unspecified atom stereocenters. The number of ether oxygens (including phenoxy) is 1. The number of hydrogen-bond acceptors (Lipinski definition) is 5. The number of benzene rings is 1. The minimum absolute atomic E-state index is 0.321. The molecule has 1 saturated carbocycles. The molecule has 2 aromatic rings. The Kier molecular flexibility index (Phi) is 7.94. The first kappa shape index (κ1) is 23.9. The van der Waals surface area contributed by atoms with Gasteiger partial charge in [-0.05, 0) is 80.2 Å². The largest absolute Gasteiger partial charge is 0.462 e. The standard InChI is InChI=1S/C29H34N2O3/c1-4-21-14-13-20(16-22(21)5-2)10-9-12-27-31-26-18-24(29(32)33-6-3)17-25(28(26)34-27)23-11-7-8-15-30-19-23/h5,7-9,11-12,15,17-18,20-22H,2,4,6,10,13-14,16,19H2,1,3H3/b12-9+. The SMILES string of the molecule is C=CC1CC(C/C=C/c2nc3cc(C(=O)OCC)cc(C4=CC=CC=NC4)c3o2)CCC1CC. The maximum atomic E-state index is 12.5. The summed E-state index contributed by atoms with van der Waals surface area (Å²) in [5, 5.41) is 0. The lowest BCUT2D eigenvalue weighted by molar-refractivity contribution is 0.0526. The van der Waals surface area contributed by atoms with Gasteiger partial charge in [0.25, 0.3) is 0 Å². The van der Waals surface area contributed by atoms with Crippen LogP contribution >= 0.6 is 0 Å². The minimum Gasteiger partial charge on any atom is -0.462 e. The number of hydrogen-bond donors (Lipinski definition) is 0. The van der Waals surface area contributed by atoms with Crippen LogP contribution in [0.25, 0.3) is 22.7 Å². The van der Waals surface area contributed by atoms with Crippen LogP contribution in [0.1, 0.15) is 67.8 Å². The lowest BCUT2D eigenvalue weighted by atomic mass is 9.72. The van der Waals surface area contributed by atoms with E-state index in [-0.39, 0.29) is 5.97 Å². The van der Waals surface area contributed by atoms with Crippen molar-refractivity contribution in [3.8, 4) is 0 Å². The van der Waals surface area contributed by atoms with Gasteiger partial charge >= 0.3 is 5.97 Å². The van der Waals surface area contributed by atoms with Gasteiger partial charge in [-0.25, -0.2) is 9.78 Å². The van der Waals surface area contributed by atoms with Crippen molar-refractivity contribution in [1.29, 1.82) is 0 Å². The zero-order valence-corrected chi connectivity index (χ0v) is 20.2. The summed E-state index contributed by atoms with van der Waals surface area (Å²) in [4.78, 5) is 21.5. The van der Waals surface area contributed by atoms with Gasteiger partial charge in [-0.2, -0.15) is 0 Å². The summed E-state index contributed by atoms with van der Waals surface area (Å²) in [5.41, 5.74) is 3.57. The Morgan fingerprint density at radius 1 is 1.26 bits per heavy atom. The first-order chi connectivity index (χ1) is 16.6. The van der Waals surface area contributed by atoms with Gasteiger partial charge in [0, 0.05) is 11.8 Å². The van der Waals surface area contributed by atoms with Gasteiger partial charge in [0.1, 0.15) is 5.52 Å². The Morgan fingerprint density at radius 3 is 2.94 bits per heavy atom. The summed E-state index contributed by atoms with van der Waals surface area (Å²) in [6.45, 7) is 8.97. The molecule has 2 heterocycles. The lowest BCUT2D eigenvalue weighted by Gasteiger charge is -2.33. The Hall–Kier alpha value is -3.21. The number of aromatic nitrogens is 1. The number of fused-ring (bicyclic) bond motifs is 1. The first-order valence-corrected chi connectivity index (χ1v) is 12.4. The van der Waals surface area contributed by atoms with Gasteiger partial charge in [-0.1, -0.05) is 37.6 Å². The molecule has 1 aliphatic heterocycles. The average Bonchev–Trinajstić information content (AvgIpc) is 3.07. The molecular weight excluding hydrogens is 424 g/mol. The number of carbonyl (C=O) groups excluding carboxylic acids is 1. The Bertz CT molecular complexity index is 1150. The molecule has 1 aliphatic carbocycles. The molecule has 4 rings (SSSR count). The summed E-state index contributed by atoms with van der Waals surface area (Å²) in [6.07, 6.45) is 19.9. The molecule has 3 atom stereocenters. The molecule has 1 aromatic carbocycles. The smallest absolute Gasteiger partial charge is 0.338 e. The van der Waals surface area contributed by atoms with E-state index in [4.69, 9.17) is 9.15 Å². The predicted octanol–water partition coefficient (Wildman–Crippen LogP) is 7.06. The molecule has 1 aromatic heterocycles. The van der Waals surface area contributed by atoms with E-state index in [0.29, 0.717) is 47.5 Å². The molecule has 5 nitrogen and oxygen atoms in total. The Balaban J connectivity index is 1.58. The van der Waals surface area contributed by atoms with Crippen molar-refractivity contribution in [2.75, 3.05) is 13.2 Å². The summed E-state index contributed by atoms with van der Waals surface area (Å²) in [6, 6.07) is 3.57. The van der Waals surface area contributed by atoms with Crippen LogP contribution in [-0.2, 0) is 4.74 Å². The highest BCUT2D eigenvalue weighted by Crippen LogP contribution is 2.38. The van der Waals surface area contributed by atoms with Gasteiger partial charge in [0.2, 0.25) is 5.89 Å². The zero-order valence-electron chi connectivity index (χ0n) is 20.2. The molecule has 178 valence electrons. The van der Waals surface area contributed by atoms with Crippen molar-refractivity contribution in [3.05, 3.63) is 66.1 Å². The fraction of sp³-hybridized carbons (Fsp3) is 0.414.